The number of hydrogen-bond donors (Lipinski definition) is 2. The first-order valence-electron chi connectivity index (χ1n) is 4.41. The van der Waals surface area contributed by atoms with Crippen LogP contribution in [-0.2, 0) is 6.42 Å². The van der Waals surface area contributed by atoms with Gasteiger partial charge in [0.25, 0.3) is 0 Å². The molecular formula is C10H12N2O2. The molecule has 0 bridgehead atoms. The molecule has 0 amide bonds. The highest BCUT2D eigenvalue weighted by Crippen LogP contribution is 2.17. The van der Waals surface area contributed by atoms with Crippen molar-refractivity contribution in [1.82, 2.24) is 5.43 Å². The van der Waals surface area contributed by atoms with Gasteiger partial charge in [-0.05, 0) is 30.2 Å². The van der Waals surface area contributed by atoms with Crippen molar-refractivity contribution in [2.75, 3.05) is 0 Å². The Kier molecular flexibility index (Phi) is 2.67. The fourth-order valence-corrected chi connectivity index (χ4v) is 1.38. The van der Waals surface area contributed by atoms with E-state index in [-0.39, 0.29) is 6.04 Å². The average Bonchev–Trinajstić information content (AvgIpc) is 2.86. The first-order valence-corrected chi connectivity index (χ1v) is 4.41. The summed E-state index contributed by atoms with van der Waals surface area (Å²) < 4.78 is 10.2. The molecule has 2 heterocycles. The molecular weight excluding hydrogens is 180 g/mol. The summed E-state index contributed by atoms with van der Waals surface area (Å²) in [7, 11) is 0. The Hall–Kier alpha value is -1.52. The molecule has 2 rings (SSSR count). The van der Waals surface area contributed by atoms with E-state index in [0.717, 1.165) is 17.7 Å². The van der Waals surface area contributed by atoms with E-state index in [1.807, 2.05) is 18.2 Å². The minimum atomic E-state index is -0.0115. The van der Waals surface area contributed by atoms with E-state index in [1.54, 1.807) is 18.8 Å². The van der Waals surface area contributed by atoms with Crippen LogP contribution in [0.25, 0.3) is 0 Å². The zero-order chi connectivity index (χ0) is 9.80. The zero-order valence-electron chi connectivity index (χ0n) is 7.64. The summed E-state index contributed by atoms with van der Waals surface area (Å²) in [5.74, 6) is 6.27. The fourth-order valence-electron chi connectivity index (χ4n) is 1.38. The van der Waals surface area contributed by atoms with Gasteiger partial charge in [0.15, 0.2) is 0 Å². The number of hydrazine groups is 1. The van der Waals surface area contributed by atoms with Gasteiger partial charge in [-0.15, -0.1) is 0 Å². The maximum atomic E-state index is 5.44. The summed E-state index contributed by atoms with van der Waals surface area (Å²) in [5.41, 5.74) is 3.79. The van der Waals surface area contributed by atoms with Gasteiger partial charge in [0.1, 0.15) is 5.76 Å². The number of nitrogens with two attached hydrogens (primary N) is 1. The minimum absolute atomic E-state index is 0.0115. The second-order valence-electron chi connectivity index (χ2n) is 3.07. The molecule has 0 aliphatic rings. The van der Waals surface area contributed by atoms with Gasteiger partial charge in [0.05, 0.1) is 24.8 Å². The van der Waals surface area contributed by atoms with Crippen molar-refractivity contribution < 1.29 is 8.83 Å². The van der Waals surface area contributed by atoms with E-state index in [0.29, 0.717) is 0 Å². The van der Waals surface area contributed by atoms with Crippen LogP contribution in [0.2, 0.25) is 0 Å². The molecule has 14 heavy (non-hydrogen) atoms. The lowest BCUT2D eigenvalue weighted by molar-refractivity contribution is 0.415. The van der Waals surface area contributed by atoms with Gasteiger partial charge in [0.2, 0.25) is 0 Å². The first-order chi connectivity index (χ1) is 6.90. The van der Waals surface area contributed by atoms with Gasteiger partial charge >= 0.3 is 0 Å². The van der Waals surface area contributed by atoms with Crippen molar-refractivity contribution in [3.63, 3.8) is 0 Å². The molecule has 0 aliphatic carbocycles. The number of rotatable bonds is 4. The van der Waals surface area contributed by atoms with Gasteiger partial charge < -0.3 is 8.83 Å². The lowest BCUT2D eigenvalue weighted by Gasteiger charge is -2.11. The van der Waals surface area contributed by atoms with Crippen LogP contribution < -0.4 is 11.3 Å². The monoisotopic (exact) mass is 192 g/mol. The first kappa shape index (κ1) is 9.05. The summed E-state index contributed by atoms with van der Waals surface area (Å²) in [6.07, 6.45) is 5.73. The molecule has 0 aromatic carbocycles. The molecule has 1 unspecified atom stereocenters. The van der Waals surface area contributed by atoms with E-state index in [2.05, 4.69) is 5.43 Å². The van der Waals surface area contributed by atoms with Crippen LogP contribution in [0.1, 0.15) is 17.4 Å². The Labute approximate surface area is 81.7 Å². The van der Waals surface area contributed by atoms with E-state index in [9.17, 15) is 0 Å². The molecule has 2 aromatic heterocycles. The summed E-state index contributed by atoms with van der Waals surface area (Å²) in [6, 6.07) is 5.63. The molecule has 0 aliphatic heterocycles. The molecule has 1 atom stereocenters. The second kappa shape index (κ2) is 4.13. The normalized spacial score (nSPS) is 12.9. The van der Waals surface area contributed by atoms with Crippen LogP contribution in [0.15, 0.2) is 45.8 Å². The highest BCUT2D eigenvalue weighted by atomic mass is 16.3. The average molecular weight is 192 g/mol. The van der Waals surface area contributed by atoms with E-state index in [4.69, 9.17) is 14.7 Å². The van der Waals surface area contributed by atoms with E-state index >= 15 is 0 Å². The van der Waals surface area contributed by atoms with Gasteiger partial charge in [-0.2, -0.15) is 0 Å². The van der Waals surface area contributed by atoms with Gasteiger partial charge in [-0.25, -0.2) is 5.43 Å². The minimum Gasteiger partial charge on any atom is -0.472 e. The van der Waals surface area contributed by atoms with Gasteiger partial charge in [-0.3, -0.25) is 5.84 Å². The molecule has 0 saturated heterocycles. The van der Waals surface area contributed by atoms with Crippen molar-refractivity contribution in [2.24, 2.45) is 5.84 Å². The van der Waals surface area contributed by atoms with Crippen molar-refractivity contribution in [3.05, 3.63) is 48.3 Å². The molecule has 0 spiro atoms. The largest absolute Gasteiger partial charge is 0.472 e. The number of furan rings is 2. The van der Waals surface area contributed by atoms with Crippen molar-refractivity contribution in [1.29, 1.82) is 0 Å². The topological polar surface area (TPSA) is 64.3 Å². The summed E-state index contributed by atoms with van der Waals surface area (Å²) in [6.45, 7) is 0. The van der Waals surface area contributed by atoms with E-state index in [1.165, 1.54) is 0 Å². The zero-order valence-corrected chi connectivity index (χ0v) is 7.64. The Morgan fingerprint density at radius 3 is 2.86 bits per heavy atom. The molecule has 2 aromatic rings. The standard InChI is InChI=1S/C10H12N2O2/c11-12-9(10-2-1-4-14-10)6-8-3-5-13-7-8/h1-5,7,9,12H,6,11H2. The van der Waals surface area contributed by atoms with Crippen LogP contribution in [0.3, 0.4) is 0 Å². The molecule has 0 radical (unpaired) electrons. The molecule has 4 nitrogen and oxygen atoms in total. The van der Waals surface area contributed by atoms with Crippen LogP contribution in [-0.4, -0.2) is 0 Å². The highest BCUT2D eigenvalue weighted by molar-refractivity contribution is 5.12. The Balaban J connectivity index is 2.08. The predicted molar refractivity (Wildman–Crippen MR) is 51.2 cm³/mol. The quantitative estimate of drug-likeness (QED) is 0.570. The van der Waals surface area contributed by atoms with E-state index < -0.39 is 0 Å². The summed E-state index contributed by atoms with van der Waals surface area (Å²) in [5, 5.41) is 0. The molecule has 4 heteroatoms. The number of hydrogen-bond acceptors (Lipinski definition) is 4. The Morgan fingerprint density at radius 1 is 1.36 bits per heavy atom. The Bertz CT molecular complexity index is 353. The second-order valence-corrected chi connectivity index (χ2v) is 3.07. The van der Waals surface area contributed by atoms with Crippen molar-refractivity contribution in [2.45, 2.75) is 12.5 Å². The third-order valence-corrected chi connectivity index (χ3v) is 2.11. The molecule has 0 saturated carbocycles. The van der Waals surface area contributed by atoms with Crippen molar-refractivity contribution >= 4 is 0 Å². The molecule has 74 valence electrons. The highest BCUT2D eigenvalue weighted by Gasteiger charge is 2.13. The van der Waals surface area contributed by atoms with Gasteiger partial charge in [-0.1, -0.05) is 0 Å². The molecule has 0 fully saturated rings. The lowest BCUT2D eigenvalue weighted by atomic mass is 10.1. The van der Waals surface area contributed by atoms with Crippen LogP contribution in [0, 0.1) is 0 Å². The summed E-state index contributed by atoms with van der Waals surface area (Å²) in [4.78, 5) is 0. The lowest BCUT2D eigenvalue weighted by Crippen LogP contribution is -2.29. The van der Waals surface area contributed by atoms with Gasteiger partial charge in [0, 0.05) is 0 Å². The Morgan fingerprint density at radius 2 is 2.29 bits per heavy atom. The van der Waals surface area contributed by atoms with Crippen LogP contribution >= 0.6 is 0 Å². The third-order valence-electron chi connectivity index (χ3n) is 2.11. The maximum Gasteiger partial charge on any atom is 0.122 e. The smallest absolute Gasteiger partial charge is 0.122 e. The third kappa shape index (κ3) is 1.86. The SMILES string of the molecule is NNC(Cc1ccoc1)c1ccco1. The van der Waals surface area contributed by atoms with Crippen LogP contribution in [0.4, 0.5) is 0 Å². The van der Waals surface area contributed by atoms with Crippen molar-refractivity contribution in [3.8, 4) is 0 Å². The maximum absolute atomic E-state index is 5.44. The number of nitrogens with one attached hydrogen (secondary N) is 1. The fraction of sp³-hybridized carbons (Fsp3) is 0.200. The molecule has 3 N–H and O–H groups in total. The summed E-state index contributed by atoms with van der Waals surface area (Å²) >= 11 is 0. The van der Waals surface area contributed by atoms with Crippen LogP contribution in [0.5, 0.6) is 0 Å². The predicted octanol–water partition coefficient (Wildman–Crippen LogP) is 1.62.